The second kappa shape index (κ2) is 5.03. The molecule has 0 heterocycles. The smallest absolute Gasteiger partial charge is 0.136 e. The molecule has 0 bridgehead atoms. The minimum absolute atomic E-state index is 0.0942. The van der Waals surface area contributed by atoms with Gasteiger partial charge in [0.25, 0.3) is 0 Å². The summed E-state index contributed by atoms with van der Waals surface area (Å²) >= 11 is 0. The molecule has 0 aromatic heterocycles. The van der Waals surface area contributed by atoms with E-state index in [0.717, 1.165) is 12.0 Å². The van der Waals surface area contributed by atoms with Crippen molar-refractivity contribution >= 4 is 5.78 Å². The van der Waals surface area contributed by atoms with Crippen LogP contribution in [-0.2, 0) is 4.79 Å². The highest BCUT2D eigenvalue weighted by Crippen LogP contribution is 2.53. The maximum atomic E-state index is 11.7. The van der Waals surface area contributed by atoms with Crippen LogP contribution in [0, 0.1) is 16.7 Å². The van der Waals surface area contributed by atoms with Crippen LogP contribution in [0.15, 0.2) is 23.8 Å². The maximum Gasteiger partial charge on any atom is 0.136 e. The minimum Gasteiger partial charge on any atom is -0.299 e. The molecule has 1 aliphatic rings. The van der Waals surface area contributed by atoms with E-state index in [0.29, 0.717) is 24.5 Å². The Bertz CT molecular complexity index is 382. The van der Waals surface area contributed by atoms with Crippen molar-refractivity contribution in [1.82, 2.24) is 0 Å². The first-order valence-electron chi connectivity index (χ1n) is 6.98. The Labute approximate surface area is 112 Å². The Hall–Kier alpha value is -0.850. The molecule has 102 valence electrons. The van der Waals surface area contributed by atoms with E-state index in [1.165, 1.54) is 5.57 Å². The summed E-state index contributed by atoms with van der Waals surface area (Å²) in [5.41, 5.74) is 2.85. The molecule has 0 amide bonds. The summed E-state index contributed by atoms with van der Waals surface area (Å²) in [7, 11) is 0. The number of carbonyl (C=O) groups is 1. The van der Waals surface area contributed by atoms with Crippen LogP contribution in [0.3, 0.4) is 0 Å². The van der Waals surface area contributed by atoms with Gasteiger partial charge in [-0.05, 0) is 30.1 Å². The molecule has 0 aromatic carbocycles. The first-order valence-corrected chi connectivity index (χ1v) is 6.98. The van der Waals surface area contributed by atoms with Gasteiger partial charge >= 0.3 is 0 Å². The van der Waals surface area contributed by atoms with Crippen LogP contribution in [0.25, 0.3) is 0 Å². The standard InChI is InChI=1S/C17H28O/c1-8-14(18)9-13(3)15-16(4,5)10-12(2)11-17(15,6)7/h10,15H,3,8-9,11H2,1-2,4-7H3. The number of hydrogen-bond donors (Lipinski definition) is 0. The summed E-state index contributed by atoms with van der Waals surface area (Å²) in [4.78, 5) is 11.7. The maximum absolute atomic E-state index is 11.7. The zero-order valence-corrected chi connectivity index (χ0v) is 12.9. The summed E-state index contributed by atoms with van der Waals surface area (Å²) in [6, 6.07) is 0. The van der Waals surface area contributed by atoms with E-state index < -0.39 is 0 Å². The van der Waals surface area contributed by atoms with Crippen molar-refractivity contribution < 1.29 is 4.79 Å². The van der Waals surface area contributed by atoms with Crippen LogP contribution >= 0.6 is 0 Å². The third-order valence-corrected chi connectivity index (χ3v) is 4.11. The van der Waals surface area contributed by atoms with Gasteiger partial charge < -0.3 is 0 Å². The number of rotatable bonds is 4. The third-order valence-electron chi connectivity index (χ3n) is 4.11. The molecule has 1 rings (SSSR count). The second-order valence-corrected chi connectivity index (χ2v) is 7.14. The monoisotopic (exact) mass is 248 g/mol. The van der Waals surface area contributed by atoms with Gasteiger partial charge in [-0.25, -0.2) is 0 Å². The molecule has 0 spiro atoms. The molecule has 1 nitrogen and oxygen atoms in total. The Morgan fingerprint density at radius 3 is 2.39 bits per heavy atom. The fourth-order valence-corrected chi connectivity index (χ4v) is 4.16. The first kappa shape index (κ1) is 15.2. The lowest BCUT2D eigenvalue weighted by atomic mass is 9.56. The zero-order valence-electron chi connectivity index (χ0n) is 12.9. The zero-order chi connectivity index (χ0) is 14.1. The molecule has 0 fully saturated rings. The predicted octanol–water partition coefficient (Wildman–Crippen LogP) is 4.93. The van der Waals surface area contributed by atoms with Gasteiger partial charge in [0.1, 0.15) is 5.78 Å². The summed E-state index contributed by atoms with van der Waals surface area (Å²) in [6.45, 7) is 17.5. The number of hydrogen-bond acceptors (Lipinski definition) is 1. The van der Waals surface area contributed by atoms with Gasteiger partial charge in [0.05, 0.1) is 0 Å². The average Bonchev–Trinajstić information content (AvgIpc) is 2.11. The lowest BCUT2D eigenvalue weighted by Gasteiger charge is -2.48. The van der Waals surface area contributed by atoms with Gasteiger partial charge in [0, 0.05) is 12.8 Å². The summed E-state index contributed by atoms with van der Waals surface area (Å²) < 4.78 is 0. The van der Waals surface area contributed by atoms with Crippen LogP contribution in [0.5, 0.6) is 0 Å². The van der Waals surface area contributed by atoms with E-state index in [2.05, 4.69) is 47.3 Å². The van der Waals surface area contributed by atoms with E-state index >= 15 is 0 Å². The van der Waals surface area contributed by atoms with Gasteiger partial charge in [-0.15, -0.1) is 0 Å². The number of Topliss-reactive ketones (excluding diaryl/α,β-unsaturated/α-hetero) is 1. The Morgan fingerprint density at radius 2 is 1.94 bits per heavy atom. The van der Waals surface area contributed by atoms with Crippen molar-refractivity contribution in [3.8, 4) is 0 Å². The highest BCUT2D eigenvalue weighted by molar-refractivity contribution is 5.80. The molecule has 0 N–H and O–H groups in total. The summed E-state index contributed by atoms with van der Waals surface area (Å²) in [5.74, 6) is 0.682. The molecule has 0 aliphatic heterocycles. The van der Waals surface area contributed by atoms with Gasteiger partial charge in [0.2, 0.25) is 0 Å². The quantitative estimate of drug-likeness (QED) is 0.645. The van der Waals surface area contributed by atoms with Crippen molar-refractivity contribution in [2.45, 2.75) is 60.8 Å². The molecule has 0 aromatic rings. The van der Waals surface area contributed by atoms with Gasteiger partial charge in [0.15, 0.2) is 0 Å². The highest BCUT2D eigenvalue weighted by Gasteiger charge is 2.44. The number of allylic oxidation sites excluding steroid dienone is 3. The Kier molecular flexibility index (Phi) is 4.25. The van der Waals surface area contributed by atoms with Crippen LogP contribution in [-0.4, -0.2) is 5.78 Å². The van der Waals surface area contributed by atoms with Crippen LogP contribution in [0.1, 0.15) is 60.8 Å². The molecule has 1 unspecified atom stereocenters. The topological polar surface area (TPSA) is 17.1 Å². The van der Waals surface area contributed by atoms with E-state index in [1.807, 2.05) is 6.92 Å². The Balaban J connectivity index is 3.04. The number of carbonyl (C=O) groups excluding carboxylic acids is 1. The molecule has 0 radical (unpaired) electrons. The normalized spacial score (nSPS) is 25.4. The van der Waals surface area contributed by atoms with Crippen molar-refractivity contribution in [2.24, 2.45) is 16.7 Å². The molecule has 18 heavy (non-hydrogen) atoms. The van der Waals surface area contributed by atoms with E-state index in [4.69, 9.17) is 0 Å². The van der Waals surface area contributed by atoms with Crippen LogP contribution in [0.2, 0.25) is 0 Å². The van der Waals surface area contributed by atoms with Crippen molar-refractivity contribution in [2.75, 3.05) is 0 Å². The van der Waals surface area contributed by atoms with Crippen LogP contribution < -0.4 is 0 Å². The molecule has 0 saturated carbocycles. The predicted molar refractivity (Wildman–Crippen MR) is 78.5 cm³/mol. The molecule has 1 aliphatic carbocycles. The van der Waals surface area contributed by atoms with Crippen molar-refractivity contribution in [3.63, 3.8) is 0 Å². The average molecular weight is 248 g/mol. The van der Waals surface area contributed by atoms with Gasteiger partial charge in [-0.1, -0.05) is 58.4 Å². The first-order chi connectivity index (χ1) is 8.10. The van der Waals surface area contributed by atoms with Crippen molar-refractivity contribution in [3.05, 3.63) is 23.8 Å². The highest BCUT2D eigenvalue weighted by atomic mass is 16.1. The Morgan fingerprint density at radius 1 is 1.39 bits per heavy atom. The van der Waals surface area contributed by atoms with Gasteiger partial charge in [-0.2, -0.15) is 0 Å². The molecular weight excluding hydrogens is 220 g/mol. The van der Waals surface area contributed by atoms with E-state index in [9.17, 15) is 4.79 Å². The summed E-state index contributed by atoms with van der Waals surface area (Å²) in [6.07, 6.45) is 4.62. The third kappa shape index (κ3) is 3.13. The minimum atomic E-state index is 0.0942. The summed E-state index contributed by atoms with van der Waals surface area (Å²) in [5, 5.41) is 0. The van der Waals surface area contributed by atoms with Crippen LogP contribution in [0.4, 0.5) is 0 Å². The van der Waals surface area contributed by atoms with E-state index in [-0.39, 0.29) is 10.8 Å². The lowest BCUT2D eigenvalue weighted by molar-refractivity contribution is -0.118. The SMILES string of the molecule is C=C(CC(=O)CC)C1C(C)(C)C=C(C)CC1(C)C. The molecule has 0 saturated heterocycles. The lowest BCUT2D eigenvalue weighted by Crippen LogP contribution is -2.40. The molecule has 1 heteroatoms. The fraction of sp³-hybridized carbons (Fsp3) is 0.706. The largest absolute Gasteiger partial charge is 0.299 e. The van der Waals surface area contributed by atoms with Crippen molar-refractivity contribution in [1.29, 1.82) is 0 Å². The number of ketones is 1. The second-order valence-electron chi connectivity index (χ2n) is 7.14. The van der Waals surface area contributed by atoms with E-state index in [1.54, 1.807) is 0 Å². The van der Waals surface area contributed by atoms with Gasteiger partial charge in [-0.3, -0.25) is 4.79 Å². The molecular formula is C17H28O. The molecule has 1 atom stereocenters. The fourth-order valence-electron chi connectivity index (χ4n) is 4.16.